The number of hydrogen-bond acceptors (Lipinski definition) is 3. The molecule has 3 heteroatoms. The summed E-state index contributed by atoms with van der Waals surface area (Å²) in [5.41, 5.74) is 1.13. The van der Waals surface area contributed by atoms with Crippen molar-refractivity contribution in [3.8, 4) is 0 Å². The van der Waals surface area contributed by atoms with Gasteiger partial charge in [-0.1, -0.05) is 17.7 Å². The molecule has 68 valence electrons. The van der Waals surface area contributed by atoms with Crippen LogP contribution in [0.4, 0.5) is 4.79 Å². The van der Waals surface area contributed by atoms with Gasteiger partial charge in [-0.2, -0.15) is 0 Å². The lowest BCUT2D eigenvalue weighted by atomic mass is 10.3. The summed E-state index contributed by atoms with van der Waals surface area (Å²) in [5, 5.41) is 0. The standard InChI is InChI=1S/C9H14O3/c1-4-8(2)6-5-7-12-9(10)11-3/h4-6H,7H2,1-3H3/b6-5+,8-4+. The van der Waals surface area contributed by atoms with Gasteiger partial charge in [0.15, 0.2) is 0 Å². The summed E-state index contributed by atoms with van der Waals surface area (Å²) in [6, 6.07) is 0. The average molecular weight is 170 g/mol. The smallest absolute Gasteiger partial charge is 0.438 e. The zero-order chi connectivity index (χ0) is 9.40. The lowest BCUT2D eigenvalue weighted by Gasteiger charge is -1.97. The van der Waals surface area contributed by atoms with Gasteiger partial charge >= 0.3 is 6.16 Å². The fraction of sp³-hybridized carbons (Fsp3) is 0.444. The summed E-state index contributed by atoms with van der Waals surface area (Å²) >= 11 is 0. The van der Waals surface area contributed by atoms with E-state index in [2.05, 4.69) is 9.47 Å². The summed E-state index contributed by atoms with van der Waals surface area (Å²) < 4.78 is 8.88. The molecular weight excluding hydrogens is 156 g/mol. The van der Waals surface area contributed by atoms with E-state index < -0.39 is 6.16 Å². The predicted molar refractivity (Wildman–Crippen MR) is 46.9 cm³/mol. The zero-order valence-corrected chi connectivity index (χ0v) is 7.66. The second-order valence-corrected chi connectivity index (χ2v) is 2.20. The normalized spacial score (nSPS) is 11.8. The van der Waals surface area contributed by atoms with Crippen molar-refractivity contribution in [3.05, 3.63) is 23.8 Å². The van der Waals surface area contributed by atoms with Gasteiger partial charge in [0.05, 0.1) is 7.11 Å². The number of allylic oxidation sites excluding steroid dienone is 3. The Balaban J connectivity index is 3.56. The molecule has 0 fully saturated rings. The lowest BCUT2D eigenvalue weighted by Crippen LogP contribution is -2.03. The molecule has 0 amide bonds. The Labute approximate surface area is 72.7 Å². The van der Waals surface area contributed by atoms with E-state index in [0.29, 0.717) is 0 Å². The van der Waals surface area contributed by atoms with Crippen LogP contribution in [0.3, 0.4) is 0 Å². The molecule has 0 aromatic heterocycles. The van der Waals surface area contributed by atoms with Gasteiger partial charge in [0, 0.05) is 0 Å². The SMILES string of the molecule is C/C=C(C)/C=C/COC(=O)OC. The second kappa shape index (κ2) is 6.46. The van der Waals surface area contributed by atoms with Gasteiger partial charge in [-0.25, -0.2) is 4.79 Å². The summed E-state index contributed by atoms with van der Waals surface area (Å²) in [4.78, 5) is 10.4. The van der Waals surface area contributed by atoms with Gasteiger partial charge in [0.1, 0.15) is 6.61 Å². The van der Waals surface area contributed by atoms with E-state index in [9.17, 15) is 4.79 Å². The maximum atomic E-state index is 10.4. The van der Waals surface area contributed by atoms with Crippen LogP contribution in [0, 0.1) is 0 Å². The monoisotopic (exact) mass is 170 g/mol. The molecule has 0 aliphatic carbocycles. The minimum atomic E-state index is -0.655. The zero-order valence-electron chi connectivity index (χ0n) is 7.66. The molecule has 0 radical (unpaired) electrons. The molecule has 0 atom stereocenters. The highest BCUT2D eigenvalue weighted by Crippen LogP contribution is 1.93. The molecule has 0 saturated carbocycles. The van der Waals surface area contributed by atoms with Crippen molar-refractivity contribution < 1.29 is 14.3 Å². The van der Waals surface area contributed by atoms with Gasteiger partial charge in [-0.15, -0.1) is 0 Å². The van der Waals surface area contributed by atoms with Crippen LogP contribution in [-0.2, 0) is 9.47 Å². The quantitative estimate of drug-likeness (QED) is 0.481. The largest absolute Gasteiger partial charge is 0.508 e. The van der Waals surface area contributed by atoms with E-state index in [1.807, 2.05) is 26.0 Å². The molecule has 0 aromatic rings. The van der Waals surface area contributed by atoms with Crippen molar-refractivity contribution in [3.63, 3.8) is 0 Å². The number of methoxy groups -OCH3 is 1. The van der Waals surface area contributed by atoms with Crippen molar-refractivity contribution >= 4 is 6.16 Å². The molecule has 0 rings (SSSR count). The van der Waals surface area contributed by atoms with Gasteiger partial charge in [0.25, 0.3) is 0 Å². The molecule has 0 aliphatic rings. The molecule has 0 heterocycles. The van der Waals surface area contributed by atoms with Crippen LogP contribution in [0.1, 0.15) is 13.8 Å². The molecule has 0 bridgehead atoms. The van der Waals surface area contributed by atoms with Crippen molar-refractivity contribution in [2.24, 2.45) is 0 Å². The fourth-order valence-electron chi connectivity index (χ4n) is 0.505. The van der Waals surface area contributed by atoms with Crippen molar-refractivity contribution in [2.75, 3.05) is 13.7 Å². The summed E-state index contributed by atoms with van der Waals surface area (Å²) in [5.74, 6) is 0. The molecule has 0 spiro atoms. The van der Waals surface area contributed by atoms with Crippen LogP contribution in [0.2, 0.25) is 0 Å². The molecule has 0 saturated heterocycles. The van der Waals surface area contributed by atoms with Crippen LogP contribution >= 0.6 is 0 Å². The minimum absolute atomic E-state index is 0.248. The van der Waals surface area contributed by atoms with Gasteiger partial charge in [0.2, 0.25) is 0 Å². The van der Waals surface area contributed by atoms with Crippen LogP contribution in [0.25, 0.3) is 0 Å². The Morgan fingerprint density at radius 2 is 2.17 bits per heavy atom. The van der Waals surface area contributed by atoms with E-state index in [1.165, 1.54) is 7.11 Å². The molecular formula is C9H14O3. The number of hydrogen-bond donors (Lipinski definition) is 0. The van der Waals surface area contributed by atoms with Crippen LogP contribution in [0.5, 0.6) is 0 Å². The maximum absolute atomic E-state index is 10.4. The molecule has 0 aliphatic heterocycles. The molecule has 0 aromatic carbocycles. The first kappa shape index (κ1) is 10.8. The fourth-order valence-corrected chi connectivity index (χ4v) is 0.505. The molecule has 0 unspecified atom stereocenters. The Kier molecular flexibility index (Phi) is 5.79. The average Bonchev–Trinajstić information content (AvgIpc) is 2.11. The topological polar surface area (TPSA) is 35.5 Å². The Bertz CT molecular complexity index is 192. The summed E-state index contributed by atoms with van der Waals surface area (Å²) in [6.07, 6.45) is 4.95. The number of ether oxygens (including phenoxy) is 2. The lowest BCUT2D eigenvalue weighted by molar-refractivity contribution is 0.0818. The Morgan fingerprint density at radius 3 is 2.67 bits per heavy atom. The first-order valence-electron chi connectivity index (χ1n) is 3.71. The molecule has 3 nitrogen and oxygen atoms in total. The first-order chi connectivity index (χ1) is 5.70. The maximum Gasteiger partial charge on any atom is 0.508 e. The minimum Gasteiger partial charge on any atom is -0.438 e. The molecule has 12 heavy (non-hydrogen) atoms. The third kappa shape index (κ3) is 5.53. The summed E-state index contributed by atoms with van der Waals surface area (Å²) in [7, 11) is 1.28. The Morgan fingerprint density at radius 1 is 1.50 bits per heavy atom. The second-order valence-electron chi connectivity index (χ2n) is 2.20. The van der Waals surface area contributed by atoms with Crippen molar-refractivity contribution in [1.82, 2.24) is 0 Å². The van der Waals surface area contributed by atoms with Crippen LogP contribution in [0.15, 0.2) is 23.8 Å². The van der Waals surface area contributed by atoms with Gasteiger partial charge < -0.3 is 9.47 Å². The first-order valence-corrected chi connectivity index (χ1v) is 3.71. The van der Waals surface area contributed by atoms with Crippen molar-refractivity contribution in [2.45, 2.75) is 13.8 Å². The van der Waals surface area contributed by atoms with Crippen LogP contribution < -0.4 is 0 Å². The highest BCUT2D eigenvalue weighted by atomic mass is 16.7. The number of carbonyl (C=O) groups excluding carboxylic acids is 1. The molecule has 0 N–H and O–H groups in total. The van der Waals surface area contributed by atoms with Crippen LogP contribution in [-0.4, -0.2) is 19.9 Å². The van der Waals surface area contributed by atoms with E-state index >= 15 is 0 Å². The summed E-state index contributed by atoms with van der Waals surface area (Å²) in [6.45, 7) is 4.16. The van der Waals surface area contributed by atoms with Gasteiger partial charge in [-0.05, 0) is 19.9 Å². The number of carbonyl (C=O) groups is 1. The Hall–Kier alpha value is -1.25. The third-order valence-corrected chi connectivity index (χ3v) is 1.30. The van der Waals surface area contributed by atoms with E-state index in [0.717, 1.165) is 5.57 Å². The van der Waals surface area contributed by atoms with E-state index in [-0.39, 0.29) is 6.61 Å². The highest BCUT2D eigenvalue weighted by Gasteiger charge is 1.95. The number of rotatable bonds is 3. The van der Waals surface area contributed by atoms with Gasteiger partial charge in [-0.3, -0.25) is 0 Å². The predicted octanol–water partition coefficient (Wildman–Crippen LogP) is 2.29. The van der Waals surface area contributed by atoms with E-state index in [1.54, 1.807) is 6.08 Å². The van der Waals surface area contributed by atoms with Crippen molar-refractivity contribution in [1.29, 1.82) is 0 Å². The highest BCUT2D eigenvalue weighted by molar-refractivity contribution is 5.59. The van der Waals surface area contributed by atoms with E-state index in [4.69, 9.17) is 0 Å². The third-order valence-electron chi connectivity index (χ3n) is 1.30.